The lowest BCUT2D eigenvalue weighted by atomic mass is 10.1. The van der Waals surface area contributed by atoms with Gasteiger partial charge in [0.25, 0.3) is 5.91 Å². The quantitative estimate of drug-likeness (QED) is 0.647. The Morgan fingerprint density at radius 1 is 1.04 bits per heavy atom. The van der Waals surface area contributed by atoms with Crippen LogP contribution in [0.1, 0.15) is 34.6 Å². The number of carbonyl (C=O) groups is 1. The largest absolute Gasteiger partial charge is 0.298 e. The van der Waals surface area contributed by atoms with E-state index in [1.165, 1.54) is 23.5 Å². The van der Waals surface area contributed by atoms with Gasteiger partial charge in [0.15, 0.2) is 15.0 Å². The summed E-state index contributed by atoms with van der Waals surface area (Å²) in [7, 11) is -3.57. The highest BCUT2D eigenvalue weighted by molar-refractivity contribution is 7.92. The summed E-state index contributed by atoms with van der Waals surface area (Å²) >= 11 is 1.36. The monoisotopic (exact) mass is 414 g/mol. The van der Waals surface area contributed by atoms with Gasteiger partial charge in [-0.05, 0) is 39.8 Å². The Kier molecular flexibility index (Phi) is 5.67. The first-order chi connectivity index (χ1) is 13.2. The minimum atomic E-state index is -3.57. The van der Waals surface area contributed by atoms with E-state index in [0.29, 0.717) is 5.13 Å². The second-order valence-corrected chi connectivity index (χ2v) is 10.5. The third-order valence-electron chi connectivity index (χ3n) is 4.40. The van der Waals surface area contributed by atoms with Crippen molar-refractivity contribution < 1.29 is 13.2 Å². The topological polar surface area (TPSA) is 76.1 Å². The Bertz CT molecular complexity index is 1110. The molecule has 0 bridgehead atoms. The second kappa shape index (κ2) is 7.85. The molecule has 3 rings (SSSR count). The highest BCUT2D eigenvalue weighted by Crippen LogP contribution is 2.31. The molecule has 1 aromatic heterocycles. The van der Waals surface area contributed by atoms with Crippen molar-refractivity contribution in [3.05, 3.63) is 64.5 Å². The lowest BCUT2D eigenvalue weighted by molar-refractivity contribution is 0.102. The lowest BCUT2D eigenvalue weighted by Crippen LogP contribution is -2.20. The molecule has 0 saturated carbocycles. The predicted molar refractivity (Wildman–Crippen MR) is 114 cm³/mol. The number of sulfone groups is 1. The number of benzene rings is 2. The van der Waals surface area contributed by atoms with Crippen LogP contribution < -0.4 is 5.32 Å². The predicted octanol–water partition coefficient (Wildman–Crippen LogP) is 4.86. The number of nitrogens with one attached hydrogen (secondary N) is 1. The van der Waals surface area contributed by atoms with E-state index in [-0.39, 0.29) is 10.5 Å². The number of rotatable bonds is 5. The molecule has 2 aromatic carbocycles. The van der Waals surface area contributed by atoms with Crippen LogP contribution in [0.2, 0.25) is 0 Å². The van der Waals surface area contributed by atoms with Gasteiger partial charge >= 0.3 is 0 Å². The summed E-state index contributed by atoms with van der Waals surface area (Å²) in [4.78, 5) is 18.3. The van der Waals surface area contributed by atoms with Crippen molar-refractivity contribution in [1.29, 1.82) is 0 Å². The number of carbonyl (C=O) groups excluding carboxylic acids is 1. The number of aromatic nitrogens is 1. The van der Waals surface area contributed by atoms with Gasteiger partial charge in [-0.1, -0.05) is 42.0 Å². The Morgan fingerprint density at radius 3 is 2.32 bits per heavy atom. The van der Waals surface area contributed by atoms with Crippen LogP contribution in [-0.2, 0) is 9.84 Å². The number of nitrogens with zero attached hydrogens (tertiary/aromatic N) is 1. The summed E-state index contributed by atoms with van der Waals surface area (Å²) in [6, 6.07) is 14.3. The minimum absolute atomic E-state index is 0.0366. The summed E-state index contributed by atoms with van der Waals surface area (Å²) in [5.74, 6) is -0.482. The fourth-order valence-electron chi connectivity index (χ4n) is 2.75. The van der Waals surface area contributed by atoms with Gasteiger partial charge < -0.3 is 0 Å². The smallest absolute Gasteiger partial charge is 0.258 e. The maximum Gasteiger partial charge on any atom is 0.258 e. The molecular formula is C21H22N2O3S2. The minimum Gasteiger partial charge on any atom is -0.298 e. The van der Waals surface area contributed by atoms with Gasteiger partial charge in [0.05, 0.1) is 21.4 Å². The van der Waals surface area contributed by atoms with Crippen molar-refractivity contribution in [2.24, 2.45) is 0 Å². The molecule has 0 atom stereocenters. The van der Waals surface area contributed by atoms with Crippen molar-refractivity contribution in [3.8, 4) is 11.3 Å². The van der Waals surface area contributed by atoms with Crippen LogP contribution in [0, 0.1) is 13.8 Å². The maximum absolute atomic E-state index is 12.8. The first-order valence-corrected chi connectivity index (χ1v) is 11.2. The van der Waals surface area contributed by atoms with E-state index in [1.54, 1.807) is 26.0 Å². The summed E-state index contributed by atoms with van der Waals surface area (Å²) in [5.41, 5.74) is 3.07. The van der Waals surface area contributed by atoms with E-state index in [1.807, 2.05) is 38.1 Å². The van der Waals surface area contributed by atoms with E-state index in [2.05, 4.69) is 10.3 Å². The van der Waals surface area contributed by atoms with E-state index >= 15 is 0 Å². The van der Waals surface area contributed by atoms with E-state index in [0.717, 1.165) is 21.7 Å². The van der Waals surface area contributed by atoms with Gasteiger partial charge in [-0.15, -0.1) is 11.3 Å². The van der Waals surface area contributed by atoms with Crippen LogP contribution in [-0.4, -0.2) is 24.6 Å². The van der Waals surface area contributed by atoms with E-state index in [9.17, 15) is 13.2 Å². The first kappa shape index (κ1) is 20.2. The van der Waals surface area contributed by atoms with Gasteiger partial charge in [0, 0.05) is 10.4 Å². The van der Waals surface area contributed by atoms with Gasteiger partial charge in [-0.3, -0.25) is 10.1 Å². The third-order valence-corrected chi connectivity index (χ3v) is 7.50. The Labute approximate surface area is 169 Å². The molecule has 0 aliphatic rings. The molecule has 1 heterocycles. The molecule has 5 nitrogen and oxygen atoms in total. The normalized spacial score (nSPS) is 11.6. The molecule has 0 aliphatic carbocycles. The molecule has 1 N–H and O–H groups in total. The van der Waals surface area contributed by atoms with Crippen LogP contribution in [0.3, 0.4) is 0 Å². The summed E-state index contributed by atoms with van der Waals surface area (Å²) < 4.78 is 25.2. The maximum atomic E-state index is 12.8. The Morgan fingerprint density at radius 2 is 1.68 bits per heavy atom. The molecule has 0 saturated heterocycles. The van der Waals surface area contributed by atoms with Crippen LogP contribution in [0.5, 0.6) is 0 Å². The van der Waals surface area contributed by atoms with Crippen LogP contribution >= 0.6 is 11.3 Å². The molecule has 1 amide bonds. The van der Waals surface area contributed by atoms with Crippen molar-refractivity contribution in [2.75, 3.05) is 5.32 Å². The van der Waals surface area contributed by atoms with Gasteiger partial charge in [0.2, 0.25) is 0 Å². The molecule has 0 spiro atoms. The molecule has 28 heavy (non-hydrogen) atoms. The molecule has 0 fully saturated rings. The number of aryl methyl sites for hydroxylation is 2. The summed E-state index contributed by atoms with van der Waals surface area (Å²) in [6.45, 7) is 7.16. The fourth-order valence-corrected chi connectivity index (χ4v) is 4.82. The average molecular weight is 415 g/mol. The number of anilines is 1. The number of amides is 1. The van der Waals surface area contributed by atoms with Crippen molar-refractivity contribution >= 4 is 32.2 Å². The second-order valence-electron chi connectivity index (χ2n) is 6.83. The van der Waals surface area contributed by atoms with Crippen LogP contribution in [0.15, 0.2) is 53.4 Å². The summed E-state index contributed by atoms with van der Waals surface area (Å²) in [6.07, 6.45) is 0. The highest BCUT2D eigenvalue weighted by atomic mass is 32.2. The number of hydrogen-bond acceptors (Lipinski definition) is 5. The lowest BCUT2D eigenvalue weighted by Gasteiger charge is -2.12. The van der Waals surface area contributed by atoms with E-state index in [4.69, 9.17) is 0 Å². The zero-order valence-corrected chi connectivity index (χ0v) is 17.8. The Balaban J connectivity index is 1.91. The summed E-state index contributed by atoms with van der Waals surface area (Å²) in [5, 5.41) is 2.58. The molecular weight excluding hydrogens is 392 g/mol. The zero-order chi connectivity index (χ0) is 20.5. The highest BCUT2D eigenvalue weighted by Gasteiger charge is 2.25. The third kappa shape index (κ3) is 4.00. The standard InChI is InChI=1S/C21H22N2O3S2/c1-13(2)28(25,26)18-8-6-5-7-17(18)20(24)23-21-22-19(15(4)27-21)16-11-9-14(3)10-12-16/h5-13H,1-4H3,(H,22,23,24). The van der Waals surface area contributed by atoms with Crippen LogP contribution in [0.25, 0.3) is 11.3 Å². The van der Waals surface area contributed by atoms with Crippen molar-refractivity contribution in [1.82, 2.24) is 4.98 Å². The SMILES string of the molecule is Cc1ccc(-c2nc(NC(=O)c3ccccc3S(=O)(=O)C(C)C)sc2C)cc1. The molecule has 3 aromatic rings. The molecule has 146 valence electrons. The fraction of sp³-hybridized carbons (Fsp3) is 0.238. The van der Waals surface area contributed by atoms with Crippen molar-refractivity contribution in [2.45, 2.75) is 37.8 Å². The van der Waals surface area contributed by atoms with E-state index < -0.39 is 21.0 Å². The Hall–Kier alpha value is -2.51. The van der Waals surface area contributed by atoms with Gasteiger partial charge in [0.1, 0.15) is 0 Å². The zero-order valence-electron chi connectivity index (χ0n) is 16.2. The molecule has 7 heteroatoms. The molecule has 0 aliphatic heterocycles. The van der Waals surface area contributed by atoms with Crippen molar-refractivity contribution in [3.63, 3.8) is 0 Å². The van der Waals surface area contributed by atoms with Gasteiger partial charge in [-0.2, -0.15) is 0 Å². The molecule has 0 unspecified atom stereocenters. The number of thiazole rings is 1. The molecule has 0 radical (unpaired) electrons. The average Bonchev–Trinajstić information content (AvgIpc) is 3.02. The van der Waals surface area contributed by atoms with Gasteiger partial charge in [-0.25, -0.2) is 13.4 Å². The first-order valence-electron chi connectivity index (χ1n) is 8.89. The number of hydrogen-bond donors (Lipinski definition) is 1. The van der Waals surface area contributed by atoms with Crippen LogP contribution in [0.4, 0.5) is 5.13 Å².